The van der Waals surface area contributed by atoms with Crippen LogP contribution >= 0.6 is 0 Å². The molecule has 5 rings (SSSR count). The summed E-state index contributed by atoms with van der Waals surface area (Å²) in [5.41, 5.74) is 1.55. The first-order chi connectivity index (χ1) is 16.1. The minimum atomic E-state index is -0.262. The number of nitrogens with zero attached hydrogens (tertiary/aromatic N) is 5. The van der Waals surface area contributed by atoms with Gasteiger partial charge in [0.25, 0.3) is 17.4 Å². The van der Waals surface area contributed by atoms with Gasteiger partial charge in [0.2, 0.25) is 0 Å². The zero-order valence-corrected chi connectivity index (χ0v) is 18.2. The normalized spacial score (nSPS) is 14.1. The third-order valence-corrected chi connectivity index (χ3v) is 5.91. The van der Waals surface area contributed by atoms with Crippen molar-refractivity contribution in [2.24, 2.45) is 0 Å². The molecule has 0 unspecified atom stereocenters. The Morgan fingerprint density at radius 1 is 0.939 bits per heavy atom. The third-order valence-electron chi connectivity index (χ3n) is 5.91. The van der Waals surface area contributed by atoms with Crippen LogP contribution in [0.3, 0.4) is 0 Å². The van der Waals surface area contributed by atoms with Crippen LogP contribution in [0.15, 0.2) is 70.3 Å². The zero-order chi connectivity index (χ0) is 22.9. The molecule has 1 saturated heterocycles. The zero-order valence-electron chi connectivity index (χ0n) is 18.2. The number of carbonyl (C=O) groups excluding carboxylic acids is 2. The van der Waals surface area contributed by atoms with Crippen molar-refractivity contribution in [2.45, 2.75) is 13.5 Å². The number of fused-ring (bicyclic) bond motifs is 1. The molecule has 0 saturated carbocycles. The number of benzene rings is 1. The Morgan fingerprint density at radius 2 is 1.64 bits per heavy atom. The number of furan rings is 1. The van der Waals surface area contributed by atoms with E-state index in [1.165, 1.54) is 10.9 Å². The van der Waals surface area contributed by atoms with E-state index < -0.39 is 0 Å². The summed E-state index contributed by atoms with van der Waals surface area (Å²) in [5, 5.41) is 4.52. The molecular weight excluding hydrogens is 422 g/mol. The summed E-state index contributed by atoms with van der Waals surface area (Å²) in [6, 6.07) is 12.5. The molecular formula is C24H23N5O4. The van der Waals surface area contributed by atoms with Crippen LogP contribution in [0.4, 0.5) is 0 Å². The molecule has 33 heavy (non-hydrogen) atoms. The van der Waals surface area contributed by atoms with Crippen molar-refractivity contribution in [3.63, 3.8) is 0 Å². The molecule has 3 aliphatic heterocycles. The Kier molecular flexibility index (Phi) is 5.29. The lowest BCUT2D eigenvalue weighted by Crippen LogP contribution is -2.50. The molecule has 4 heterocycles. The van der Waals surface area contributed by atoms with Crippen molar-refractivity contribution < 1.29 is 14.0 Å². The monoisotopic (exact) mass is 445 g/mol. The van der Waals surface area contributed by atoms with E-state index in [4.69, 9.17) is 4.42 Å². The summed E-state index contributed by atoms with van der Waals surface area (Å²) in [6.07, 6.45) is 4.95. The van der Waals surface area contributed by atoms with Gasteiger partial charge >= 0.3 is 0 Å². The molecule has 0 N–H and O–H groups in total. The van der Waals surface area contributed by atoms with Crippen LogP contribution in [-0.2, 0) is 6.54 Å². The number of rotatable bonds is 4. The number of hydrogen-bond acceptors (Lipinski definition) is 5. The van der Waals surface area contributed by atoms with E-state index >= 15 is 0 Å². The molecule has 168 valence electrons. The summed E-state index contributed by atoms with van der Waals surface area (Å²) in [6.45, 7) is 4.14. The number of aryl methyl sites for hydroxylation is 1. The van der Waals surface area contributed by atoms with E-state index in [1.807, 2.05) is 29.7 Å². The van der Waals surface area contributed by atoms with Gasteiger partial charge in [-0.05, 0) is 31.2 Å². The highest BCUT2D eigenvalue weighted by atomic mass is 16.3. The van der Waals surface area contributed by atoms with Crippen molar-refractivity contribution >= 4 is 11.8 Å². The molecule has 1 aromatic heterocycles. The molecule has 9 nitrogen and oxygen atoms in total. The van der Waals surface area contributed by atoms with Gasteiger partial charge in [0.15, 0.2) is 5.76 Å². The molecule has 0 bridgehead atoms. The van der Waals surface area contributed by atoms with E-state index in [-0.39, 0.29) is 23.1 Å². The predicted molar refractivity (Wildman–Crippen MR) is 121 cm³/mol. The SMILES string of the molecule is CCn1cc(C(=O)N2CCN(C(=O)c3ccco3)CC2)c2nn(-c3ccccc3)c(=O)c-2c1. The fourth-order valence-electron chi connectivity index (χ4n) is 4.08. The van der Waals surface area contributed by atoms with Crippen LogP contribution in [-0.4, -0.2) is 62.1 Å². The quantitative estimate of drug-likeness (QED) is 0.481. The van der Waals surface area contributed by atoms with Gasteiger partial charge in [-0.3, -0.25) is 14.4 Å². The van der Waals surface area contributed by atoms with Gasteiger partial charge in [0, 0.05) is 45.1 Å². The molecule has 0 aliphatic carbocycles. The number of pyridine rings is 1. The van der Waals surface area contributed by atoms with Crippen molar-refractivity contribution in [2.75, 3.05) is 26.2 Å². The fourth-order valence-corrected chi connectivity index (χ4v) is 4.08. The Hall–Kier alpha value is -4.14. The number of hydrogen-bond donors (Lipinski definition) is 0. The van der Waals surface area contributed by atoms with E-state index in [1.54, 1.807) is 46.5 Å². The Balaban J connectivity index is 1.44. The summed E-state index contributed by atoms with van der Waals surface area (Å²) in [7, 11) is 0. The number of aromatic nitrogens is 3. The van der Waals surface area contributed by atoms with Crippen molar-refractivity contribution in [1.29, 1.82) is 0 Å². The second-order valence-electron chi connectivity index (χ2n) is 7.88. The fraction of sp³-hybridized carbons (Fsp3) is 0.250. The highest BCUT2D eigenvalue weighted by Crippen LogP contribution is 2.24. The number of para-hydroxylation sites is 1. The average Bonchev–Trinajstić information content (AvgIpc) is 3.52. The first-order valence-electron chi connectivity index (χ1n) is 10.9. The Morgan fingerprint density at radius 3 is 2.27 bits per heavy atom. The summed E-state index contributed by atoms with van der Waals surface area (Å²) < 4.78 is 8.36. The molecule has 2 amide bonds. The van der Waals surface area contributed by atoms with Crippen LogP contribution < -0.4 is 5.56 Å². The van der Waals surface area contributed by atoms with Gasteiger partial charge in [-0.1, -0.05) is 18.2 Å². The lowest BCUT2D eigenvalue weighted by molar-refractivity contribution is 0.0518. The first-order valence-corrected chi connectivity index (χ1v) is 10.9. The van der Waals surface area contributed by atoms with Gasteiger partial charge in [-0.25, -0.2) is 0 Å². The van der Waals surface area contributed by atoms with Gasteiger partial charge in [0.1, 0.15) is 5.69 Å². The van der Waals surface area contributed by atoms with Crippen molar-refractivity contribution in [3.8, 4) is 16.9 Å². The maximum Gasteiger partial charge on any atom is 0.289 e. The Labute approximate surface area is 189 Å². The van der Waals surface area contributed by atoms with E-state index in [0.717, 1.165) is 0 Å². The van der Waals surface area contributed by atoms with Crippen LogP contribution in [0.5, 0.6) is 0 Å². The minimum absolute atomic E-state index is 0.185. The van der Waals surface area contributed by atoms with Crippen LogP contribution in [0.1, 0.15) is 27.8 Å². The average molecular weight is 445 g/mol. The Bertz CT molecular complexity index is 1310. The number of carbonyl (C=O) groups is 2. The van der Waals surface area contributed by atoms with Crippen LogP contribution in [0.2, 0.25) is 0 Å². The molecule has 0 atom stereocenters. The molecule has 0 radical (unpaired) electrons. The third kappa shape index (κ3) is 3.71. The van der Waals surface area contributed by atoms with Crippen LogP contribution in [0, 0.1) is 0 Å². The topological polar surface area (TPSA) is 93.6 Å². The maximum atomic E-state index is 13.5. The number of amides is 2. The standard InChI is InChI=1S/C24H23N5O4/c1-2-26-15-18(21-19(16-26)23(31)29(25-21)17-7-4-3-5-8-17)22(30)27-10-12-28(13-11-27)24(32)20-9-6-14-33-20/h3-9,14-16H,2,10-13H2,1H3. The van der Waals surface area contributed by atoms with E-state index in [0.29, 0.717) is 55.2 Å². The van der Waals surface area contributed by atoms with E-state index in [2.05, 4.69) is 5.10 Å². The van der Waals surface area contributed by atoms with Gasteiger partial charge in [-0.2, -0.15) is 9.78 Å². The maximum absolute atomic E-state index is 13.5. The van der Waals surface area contributed by atoms with Crippen LogP contribution in [0.25, 0.3) is 16.9 Å². The van der Waals surface area contributed by atoms with Gasteiger partial charge in [-0.15, -0.1) is 0 Å². The van der Waals surface area contributed by atoms with Gasteiger partial charge < -0.3 is 18.8 Å². The highest BCUT2D eigenvalue weighted by Gasteiger charge is 2.30. The molecule has 0 spiro atoms. The van der Waals surface area contributed by atoms with E-state index in [9.17, 15) is 14.4 Å². The predicted octanol–water partition coefficient (Wildman–Crippen LogP) is 2.35. The smallest absolute Gasteiger partial charge is 0.289 e. The largest absolute Gasteiger partial charge is 0.459 e. The lowest BCUT2D eigenvalue weighted by Gasteiger charge is -2.34. The summed E-state index contributed by atoms with van der Waals surface area (Å²) >= 11 is 0. The second kappa shape index (κ2) is 8.42. The summed E-state index contributed by atoms with van der Waals surface area (Å²) in [5.74, 6) is -0.0980. The summed E-state index contributed by atoms with van der Waals surface area (Å²) in [4.78, 5) is 42.5. The number of piperazine rings is 1. The molecule has 1 aromatic carbocycles. The highest BCUT2D eigenvalue weighted by molar-refractivity contribution is 6.00. The first kappa shape index (κ1) is 20.7. The van der Waals surface area contributed by atoms with Gasteiger partial charge in [0.05, 0.1) is 23.1 Å². The molecule has 9 heteroatoms. The molecule has 2 aromatic rings. The lowest BCUT2D eigenvalue weighted by atomic mass is 10.1. The second-order valence-corrected chi connectivity index (χ2v) is 7.88. The minimum Gasteiger partial charge on any atom is -0.459 e. The van der Waals surface area contributed by atoms with Crippen molar-refractivity contribution in [3.05, 3.63) is 82.8 Å². The molecule has 1 fully saturated rings. The van der Waals surface area contributed by atoms with Crippen molar-refractivity contribution in [1.82, 2.24) is 24.1 Å². The molecule has 3 aliphatic rings.